The fraction of sp³-hybridized carbons (Fsp3) is 0.462. The molecule has 98 valence electrons. The summed E-state index contributed by atoms with van der Waals surface area (Å²) in [6, 6.07) is 3.27. The normalized spacial score (nSPS) is 12.3. The van der Waals surface area contributed by atoms with Gasteiger partial charge in [0.25, 0.3) is 0 Å². The van der Waals surface area contributed by atoms with Crippen LogP contribution in [0.15, 0.2) is 16.6 Å². The van der Waals surface area contributed by atoms with E-state index in [1.54, 1.807) is 6.07 Å². The number of imidazole rings is 1. The van der Waals surface area contributed by atoms with Gasteiger partial charge in [-0.3, -0.25) is 0 Å². The van der Waals surface area contributed by atoms with Crippen molar-refractivity contribution in [2.45, 2.75) is 39.2 Å². The molecule has 0 saturated heterocycles. The number of fused-ring (bicyclic) bond motifs is 1. The molecule has 0 spiro atoms. The summed E-state index contributed by atoms with van der Waals surface area (Å²) in [6.45, 7) is 6.45. The minimum atomic E-state index is -0.279. The van der Waals surface area contributed by atoms with Crippen LogP contribution in [0.2, 0.25) is 0 Å². The summed E-state index contributed by atoms with van der Waals surface area (Å²) in [5.41, 5.74) is 1.60. The number of hydrogen-bond donors (Lipinski definition) is 1. The van der Waals surface area contributed by atoms with E-state index in [0.717, 1.165) is 23.9 Å². The van der Waals surface area contributed by atoms with Crippen LogP contribution in [0.4, 0.5) is 4.39 Å². The fourth-order valence-corrected chi connectivity index (χ4v) is 3.21. The molecule has 1 aromatic carbocycles. The number of aromatic amines is 1. The van der Waals surface area contributed by atoms with Crippen LogP contribution in [-0.2, 0) is 5.54 Å². The third kappa shape index (κ3) is 2.26. The molecule has 2 nitrogen and oxygen atoms in total. The van der Waals surface area contributed by atoms with Crippen LogP contribution in [0, 0.1) is 10.6 Å². The number of halogens is 2. The largest absolute Gasteiger partial charge is 0.330 e. The molecule has 18 heavy (non-hydrogen) atoms. The second-order valence-corrected chi connectivity index (χ2v) is 6.35. The molecule has 0 fully saturated rings. The van der Waals surface area contributed by atoms with Crippen molar-refractivity contribution in [3.63, 3.8) is 0 Å². The molecule has 0 aliphatic carbocycles. The summed E-state index contributed by atoms with van der Waals surface area (Å²) in [4.78, 5) is 3.08. The van der Waals surface area contributed by atoms with E-state index in [2.05, 4.69) is 46.3 Å². The van der Waals surface area contributed by atoms with Crippen molar-refractivity contribution >= 4 is 39.2 Å². The van der Waals surface area contributed by atoms with Crippen molar-refractivity contribution in [2.75, 3.05) is 0 Å². The quantitative estimate of drug-likeness (QED) is 0.773. The first-order valence-electron chi connectivity index (χ1n) is 5.97. The average molecular weight is 331 g/mol. The fourth-order valence-electron chi connectivity index (χ4n) is 2.43. The van der Waals surface area contributed by atoms with Crippen LogP contribution < -0.4 is 0 Å². The van der Waals surface area contributed by atoms with Gasteiger partial charge in [0.1, 0.15) is 5.82 Å². The maximum Gasteiger partial charge on any atom is 0.178 e. The second-order valence-electron chi connectivity index (χ2n) is 5.11. The van der Waals surface area contributed by atoms with Crippen LogP contribution in [0.5, 0.6) is 0 Å². The highest BCUT2D eigenvalue weighted by molar-refractivity contribution is 9.10. The Morgan fingerprint density at radius 2 is 2.11 bits per heavy atom. The van der Waals surface area contributed by atoms with Gasteiger partial charge in [-0.15, -0.1) is 0 Å². The molecule has 0 saturated carbocycles. The van der Waals surface area contributed by atoms with Gasteiger partial charge in [0.2, 0.25) is 0 Å². The maximum atomic E-state index is 13.5. The van der Waals surface area contributed by atoms with Gasteiger partial charge in [-0.05, 0) is 54.5 Å². The van der Waals surface area contributed by atoms with E-state index in [0.29, 0.717) is 9.24 Å². The van der Waals surface area contributed by atoms with Gasteiger partial charge >= 0.3 is 0 Å². The van der Waals surface area contributed by atoms with Crippen LogP contribution >= 0.6 is 28.1 Å². The van der Waals surface area contributed by atoms with Crippen molar-refractivity contribution < 1.29 is 4.39 Å². The lowest BCUT2D eigenvalue weighted by molar-refractivity contribution is 0.330. The standard InChI is InChI=1S/C13H16BrFN2S/c1-4-5-13(2,3)17-11-6-8(14)9(15)7-10(11)16-12(17)18/h6-7H,4-5H2,1-3H3,(H,16,18). The predicted molar refractivity (Wildman–Crippen MR) is 79.0 cm³/mol. The lowest BCUT2D eigenvalue weighted by Crippen LogP contribution is -2.26. The molecule has 1 heterocycles. The van der Waals surface area contributed by atoms with Gasteiger partial charge in [0.05, 0.1) is 15.5 Å². The van der Waals surface area contributed by atoms with Crippen molar-refractivity contribution in [3.05, 3.63) is 27.2 Å². The third-order valence-electron chi connectivity index (χ3n) is 3.19. The first-order chi connectivity index (χ1) is 8.36. The van der Waals surface area contributed by atoms with Crippen molar-refractivity contribution in [3.8, 4) is 0 Å². The SMILES string of the molecule is CCCC(C)(C)n1c(=S)[nH]c2cc(F)c(Br)cc21. The van der Waals surface area contributed by atoms with E-state index < -0.39 is 0 Å². The Labute approximate surface area is 119 Å². The summed E-state index contributed by atoms with van der Waals surface area (Å²) in [5, 5.41) is 0. The smallest absolute Gasteiger partial charge is 0.178 e. The Balaban J connectivity index is 2.75. The number of aromatic nitrogens is 2. The minimum absolute atomic E-state index is 0.0820. The van der Waals surface area contributed by atoms with Gasteiger partial charge in [0, 0.05) is 11.6 Å². The van der Waals surface area contributed by atoms with E-state index in [1.807, 2.05) is 0 Å². The molecule has 1 N–H and O–H groups in total. The van der Waals surface area contributed by atoms with Crippen LogP contribution in [0.25, 0.3) is 11.0 Å². The number of hydrogen-bond acceptors (Lipinski definition) is 1. The first kappa shape index (κ1) is 13.7. The van der Waals surface area contributed by atoms with Gasteiger partial charge in [-0.2, -0.15) is 0 Å². The summed E-state index contributed by atoms with van der Waals surface area (Å²) in [7, 11) is 0. The molecular weight excluding hydrogens is 315 g/mol. The Hall–Kier alpha value is -0.680. The summed E-state index contributed by atoms with van der Waals surface area (Å²) >= 11 is 8.60. The Kier molecular flexibility index (Phi) is 3.65. The molecule has 0 radical (unpaired) electrons. The number of nitrogens with one attached hydrogen (secondary N) is 1. The van der Waals surface area contributed by atoms with Crippen LogP contribution in [-0.4, -0.2) is 9.55 Å². The molecule has 1 aromatic heterocycles. The van der Waals surface area contributed by atoms with Gasteiger partial charge in [-0.25, -0.2) is 4.39 Å². The average Bonchev–Trinajstić information content (AvgIpc) is 2.55. The Morgan fingerprint density at radius 1 is 1.44 bits per heavy atom. The predicted octanol–water partition coefficient (Wildman–Crippen LogP) is 5.14. The molecule has 2 rings (SSSR count). The van der Waals surface area contributed by atoms with E-state index in [4.69, 9.17) is 12.2 Å². The lowest BCUT2D eigenvalue weighted by Gasteiger charge is -2.27. The molecule has 5 heteroatoms. The number of rotatable bonds is 3. The third-order valence-corrected chi connectivity index (χ3v) is 4.08. The molecule has 2 aromatic rings. The molecule has 0 amide bonds. The molecule has 0 atom stereocenters. The second kappa shape index (κ2) is 4.78. The highest BCUT2D eigenvalue weighted by atomic mass is 79.9. The Morgan fingerprint density at radius 3 is 2.72 bits per heavy atom. The number of nitrogens with zero attached hydrogens (tertiary/aromatic N) is 1. The summed E-state index contributed by atoms with van der Waals surface area (Å²) in [5.74, 6) is -0.279. The van der Waals surface area contributed by atoms with Crippen LogP contribution in [0.3, 0.4) is 0 Å². The maximum absolute atomic E-state index is 13.5. The van der Waals surface area contributed by atoms with Gasteiger partial charge in [-0.1, -0.05) is 13.3 Å². The zero-order chi connectivity index (χ0) is 13.5. The molecule has 0 aliphatic heterocycles. The topological polar surface area (TPSA) is 20.7 Å². The van der Waals surface area contributed by atoms with Crippen molar-refractivity contribution in [2.24, 2.45) is 0 Å². The molecule has 0 bridgehead atoms. The van der Waals surface area contributed by atoms with Crippen LogP contribution in [0.1, 0.15) is 33.6 Å². The zero-order valence-electron chi connectivity index (χ0n) is 10.7. The van der Waals surface area contributed by atoms with Crippen molar-refractivity contribution in [1.29, 1.82) is 0 Å². The zero-order valence-corrected chi connectivity index (χ0v) is 13.1. The molecule has 0 aliphatic rings. The number of H-pyrrole nitrogens is 1. The highest BCUT2D eigenvalue weighted by Gasteiger charge is 2.23. The van der Waals surface area contributed by atoms with Crippen molar-refractivity contribution in [1.82, 2.24) is 9.55 Å². The van der Waals surface area contributed by atoms with E-state index in [9.17, 15) is 4.39 Å². The van der Waals surface area contributed by atoms with Gasteiger partial charge in [0.15, 0.2) is 4.77 Å². The first-order valence-corrected chi connectivity index (χ1v) is 7.17. The van der Waals surface area contributed by atoms with E-state index >= 15 is 0 Å². The van der Waals surface area contributed by atoms with E-state index in [1.165, 1.54) is 6.07 Å². The van der Waals surface area contributed by atoms with Gasteiger partial charge < -0.3 is 9.55 Å². The minimum Gasteiger partial charge on any atom is -0.330 e. The Bertz CT molecular complexity index is 642. The lowest BCUT2D eigenvalue weighted by atomic mass is 9.98. The van der Waals surface area contributed by atoms with E-state index in [-0.39, 0.29) is 11.4 Å². The molecule has 0 unspecified atom stereocenters. The highest BCUT2D eigenvalue weighted by Crippen LogP contribution is 2.30. The number of benzene rings is 1. The summed E-state index contributed by atoms with van der Waals surface area (Å²) < 4.78 is 16.7. The monoisotopic (exact) mass is 330 g/mol. The summed E-state index contributed by atoms with van der Waals surface area (Å²) in [6.07, 6.45) is 2.09. The molecular formula is C13H16BrFN2S.